The van der Waals surface area contributed by atoms with Crippen molar-refractivity contribution in [2.24, 2.45) is 0 Å². The number of anilines is 1. The summed E-state index contributed by atoms with van der Waals surface area (Å²) < 4.78 is 91.1. The Morgan fingerprint density at radius 3 is 2.55 bits per heavy atom. The van der Waals surface area contributed by atoms with E-state index >= 15 is 0 Å². The van der Waals surface area contributed by atoms with E-state index in [1.165, 1.54) is 37.4 Å². The van der Waals surface area contributed by atoms with Crippen LogP contribution in [0.2, 0.25) is 0 Å². The van der Waals surface area contributed by atoms with E-state index in [-0.39, 0.29) is 34.7 Å². The molecular weight excluding hydrogens is 464 g/mol. The molecule has 1 N–H and O–H groups in total. The van der Waals surface area contributed by atoms with Crippen molar-refractivity contribution < 1.29 is 35.5 Å². The number of pyridine rings is 1. The van der Waals surface area contributed by atoms with E-state index in [0.29, 0.717) is 17.5 Å². The van der Waals surface area contributed by atoms with Gasteiger partial charge in [0.05, 0.1) is 24.2 Å². The van der Waals surface area contributed by atoms with E-state index in [1.54, 1.807) is 6.07 Å². The van der Waals surface area contributed by atoms with Gasteiger partial charge in [-0.1, -0.05) is 18.2 Å². The van der Waals surface area contributed by atoms with Crippen molar-refractivity contribution in [3.8, 4) is 11.5 Å². The lowest BCUT2D eigenvalue weighted by Crippen LogP contribution is -2.18. The molecule has 174 valence electrons. The summed E-state index contributed by atoms with van der Waals surface area (Å²) in [5.41, 5.74) is 0.323. The maximum atomic E-state index is 13.3. The fourth-order valence-electron chi connectivity index (χ4n) is 3.70. The summed E-state index contributed by atoms with van der Waals surface area (Å²) in [5.74, 6) is -1.01. The smallest absolute Gasteiger partial charge is 0.416 e. The standard InChI is InChI=1S/C22H18F4N2O4S/c1-31-18-11-13(22(24,25)26)5-7-16(18)15-9-10-32-19-12-14(6-8-17(15)19)33(29,30)28-21-4-2-3-20(23)27-21/h2-8,11-12,15H,9-10H2,1H3,(H,27,28)/t15-/m1/s1. The van der Waals surface area contributed by atoms with Crippen LogP contribution in [0, 0.1) is 5.95 Å². The van der Waals surface area contributed by atoms with Crippen molar-refractivity contribution in [1.82, 2.24) is 4.98 Å². The Morgan fingerprint density at radius 1 is 1.09 bits per heavy atom. The van der Waals surface area contributed by atoms with Crippen molar-refractivity contribution in [2.45, 2.75) is 23.4 Å². The number of nitrogens with zero attached hydrogens (tertiary/aromatic N) is 1. The van der Waals surface area contributed by atoms with Crippen molar-refractivity contribution in [2.75, 3.05) is 18.4 Å². The average Bonchev–Trinajstić information content (AvgIpc) is 2.77. The van der Waals surface area contributed by atoms with Gasteiger partial charge in [-0.3, -0.25) is 4.72 Å². The first-order valence-electron chi connectivity index (χ1n) is 9.76. The lowest BCUT2D eigenvalue weighted by Gasteiger charge is -2.28. The number of nitrogens with one attached hydrogen (secondary N) is 1. The van der Waals surface area contributed by atoms with Crippen LogP contribution in [-0.4, -0.2) is 27.1 Å². The highest BCUT2D eigenvalue weighted by Gasteiger charge is 2.33. The molecule has 11 heteroatoms. The van der Waals surface area contributed by atoms with E-state index < -0.39 is 27.7 Å². The first kappa shape index (κ1) is 22.8. The normalized spacial score (nSPS) is 16.0. The molecule has 33 heavy (non-hydrogen) atoms. The predicted octanol–water partition coefficient (Wildman–Crippen LogP) is 4.96. The third-order valence-electron chi connectivity index (χ3n) is 5.23. The Balaban J connectivity index is 1.68. The van der Waals surface area contributed by atoms with E-state index in [9.17, 15) is 26.0 Å². The van der Waals surface area contributed by atoms with Crippen LogP contribution in [0.1, 0.15) is 29.0 Å². The van der Waals surface area contributed by atoms with Gasteiger partial charge in [-0.05, 0) is 36.8 Å². The molecule has 1 aliphatic heterocycles. The molecule has 0 amide bonds. The van der Waals surface area contributed by atoms with Gasteiger partial charge in [-0.25, -0.2) is 13.4 Å². The minimum atomic E-state index is -4.51. The average molecular weight is 482 g/mol. The predicted molar refractivity (Wildman–Crippen MR) is 111 cm³/mol. The second-order valence-electron chi connectivity index (χ2n) is 7.29. The van der Waals surface area contributed by atoms with Crippen molar-refractivity contribution in [1.29, 1.82) is 0 Å². The highest BCUT2D eigenvalue weighted by molar-refractivity contribution is 7.92. The van der Waals surface area contributed by atoms with Crippen molar-refractivity contribution in [3.05, 3.63) is 77.2 Å². The molecule has 0 fully saturated rings. The van der Waals surface area contributed by atoms with Crippen molar-refractivity contribution >= 4 is 15.8 Å². The van der Waals surface area contributed by atoms with Gasteiger partial charge in [0.1, 0.15) is 17.3 Å². The Hall–Kier alpha value is -3.34. The first-order valence-corrected chi connectivity index (χ1v) is 11.2. The van der Waals surface area contributed by atoms with Crippen LogP contribution in [0.25, 0.3) is 0 Å². The van der Waals surface area contributed by atoms with Crippen LogP contribution >= 0.6 is 0 Å². The van der Waals surface area contributed by atoms with Gasteiger partial charge in [-0.15, -0.1) is 0 Å². The molecule has 0 radical (unpaired) electrons. The quantitative estimate of drug-likeness (QED) is 0.411. The molecule has 1 aliphatic rings. The van der Waals surface area contributed by atoms with Crippen LogP contribution < -0.4 is 14.2 Å². The molecule has 6 nitrogen and oxygen atoms in total. The summed E-state index contributed by atoms with van der Waals surface area (Å²) >= 11 is 0. The molecule has 1 aromatic heterocycles. The summed E-state index contributed by atoms with van der Waals surface area (Å²) in [7, 11) is -2.80. The SMILES string of the molecule is COc1cc(C(F)(F)F)ccc1[C@H]1CCOc2cc(S(=O)(=O)Nc3cccc(F)n3)ccc21. The minimum absolute atomic E-state index is 0.0817. The Bertz CT molecular complexity index is 1300. The summed E-state index contributed by atoms with van der Waals surface area (Å²) in [6.07, 6.45) is -4.04. The third-order valence-corrected chi connectivity index (χ3v) is 6.58. The van der Waals surface area contributed by atoms with E-state index in [4.69, 9.17) is 9.47 Å². The molecule has 0 spiro atoms. The molecule has 0 aliphatic carbocycles. The van der Waals surface area contributed by atoms with Crippen LogP contribution in [0.4, 0.5) is 23.4 Å². The van der Waals surface area contributed by atoms with E-state index in [1.807, 2.05) is 0 Å². The van der Waals surface area contributed by atoms with Crippen LogP contribution in [-0.2, 0) is 16.2 Å². The van der Waals surface area contributed by atoms with Gasteiger partial charge >= 0.3 is 6.18 Å². The second-order valence-corrected chi connectivity index (χ2v) is 8.98. The zero-order chi connectivity index (χ0) is 23.8. The van der Waals surface area contributed by atoms with Crippen LogP contribution in [0.3, 0.4) is 0 Å². The molecule has 0 saturated heterocycles. The molecular formula is C22H18F4N2O4S. The summed E-state index contributed by atoms with van der Waals surface area (Å²) in [4.78, 5) is 3.35. The zero-order valence-electron chi connectivity index (χ0n) is 17.2. The molecule has 1 atom stereocenters. The Morgan fingerprint density at radius 2 is 1.85 bits per heavy atom. The number of ether oxygens (including phenoxy) is 2. The molecule has 0 unspecified atom stereocenters. The molecule has 0 bridgehead atoms. The monoisotopic (exact) mass is 482 g/mol. The molecule has 2 aromatic carbocycles. The van der Waals surface area contributed by atoms with Gasteiger partial charge in [0.2, 0.25) is 5.95 Å². The molecule has 3 aromatic rings. The number of hydrogen-bond donors (Lipinski definition) is 1. The number of fused-ring (bicyclic) bond motifs is 1. The largest absolute Gasteiger partial charge is 0.496 e. The Kier molecular flexibility index (Phi) is 5.91. The topological polar surface area (TPSA) is 77.5 Å². The number of aromatic nitrogens is 1. The number of halogens is 4. The number of sulfonamides is 1. The summed E-state index contributed by atoms with van der Waals surface area (Å²) in [5, 5.41) is 0. The molecule has 0 saturated carbocycles. The fraction of sp³-hybridized carbons (Fsp3) is 0.227. The fourth-order valence-corrected chi connectivity index (χ4v) is 4.71. The summed E-state index contributed by atoms with van der Waals surface area (Å²) in [6, 6.07) is 11.2. The highest BCUT2D eigenvalue weighted by Crippen LogP contribution is 2.44. The number of alkyl halides is 3. The maximum absolute atomic E-state index is 13.3. The number of rotatable bonds is 5. The van der Waals surface area contributed by atoms with Gasteiger partial charge < -0.3 is 9.47 Å². The van der Waals surface area contributed by atoms with Gasteiger partial charge in [0, 0.05) is 23.1 Å². The van der Waals surface area contributed by atoms with Crippen LogP contribution in [0.15, 0.2) is 59.5 Å². The molecule has 4 rings (SSSR count). The van der Waals surface area contributed by atoms with E-state index in [0.717, 1.165) is 18.2 Å². The third kappa shape index (κ3) is 4.72. The molecule has 2 heterocycles. The number of methoxy groups -OCH3 is 1. The van der Waals surface area contributed by atoms with Gasteiger partial charge in [0.25, 0.3) is 10.0 Å². The van der Waals surface area contributed by atoms with Crippen LogP contribution in [0.5, 0.6) is 11.5 Å². The van der Waals surface area contributed by atoms with Gasteiger partial charge in [-0.2, -0.15) is 17.6 Å². The lowest BCUT2D eigenvalue weighted by molar-refractivity contribution is -0.137. The Labute approximate surface area is 187 Å². The second kappa shape index (κ2) is 8.54. The van der Waals surface area contributed by atoms with Gasteiger partial charge in [0.15, 0.2) is 0 Å². The summed E-state index contributed by atoms with van der Waals surface area (Å²) in [6.45, 7) is 0.226. The number of hydrogen-bond acceptors (Lipinski definition) is 5. The highest BCUT2D eigenvalue weighted by atomic mass is 32.2. The minimum Gasteiger partial charge on any atom is -0.496 e. The lowest BCUT2D eigenvalue weighted by atomic mass is 9.85. The van der Waals surface area contributed by atoms with E-state index in [2.05, 4.69) is 9.71 Å². The first-order chi connectivity index (χ1) is 15.6. The maximum Gasteiger partial charge on any atom is 0.416 e. The number of benzene rings is 2. The zero-order valence-corrected chi connectivity index (χ0v) is 18.0. The van der Waals surface area contributed by atoms with Crippen molar-refractivity contribution in [3.63, 3.8) is 0 Å².